The highest BCUT2D eigenvalue weighted by Crippen LogP contribution is 2.35. The van der Waals surface area contributed by atoms with Crippen molar-refractivity contribution in [3.63, 3.8) is 0 Å². The van der Waals surface area contributed by atoms with Gasteiger partial charge in [-0.05, 0) is 36.8 Å². The molecular formula is C21H16F2N4O4. The summed E-state index contributed by atoms with van der Waals surface area (Å²) in [5.74, 6) is -2.56. The molecule has 0 bridgehead atoms. The summed E-state index contributed by atoms with van der Waals surface area (Å²) in [6.45, 7) is 2.17. The molecule has 2 heterocycles. The Morgan fingerprint density at radius 1 is 1.06 bits per heavy atom. The lowest BCUT2D eigenvalue weighted by Crippen LogP contribution is -2.03. The predicted octanol–water partition coefficient (Wildman–Crippen LogP) is 4.78. The number of hydrogen-bond donors (Lipinski definition) is 0. The number of nitro benzene ring substituents is 1. The molecular weight excluding hydrogens is 410 g/mol. The molecule has 0 amide bonds. The molecule has 0 radical (unpaired) electrons. The standard InChI is InChI=1S/C21H16F2N4O4/c1-12-18-16(31-17-8-7-15(27(28)29)19(22)20(17)23)9-10-24-21(18)26(25-12)11-13-3-5-14(30-2)6-4-13/h3-10H,11H2,1-2H3. The molecule has 2 aromatic carbocycles. The van der Waals surface area contributed by atoms with E-state index < -0.39 is 28.0 Å². The molecule has 0 N–H and O–H groups in total. The summed E-state index contributed by atoms with van der Waals surface area (Å²) < 4.78 is 40.7. The summed E-state index contributed by atoms with van der Waals surface area (Å²) in [6.07, 6.45) is 1.46. The number of hydrogen-bond acceptors (Lipinski definition) is 6. The van der Waals surface area contributed by atoms with E-state index in [9.17, 15) is 18.9 Å². The smallest absolute Gasteiger partial charge is 0.308 e. The van der Waals surface area contributed by atoms with Gasteiger partial charge in [-0.3, -0.25) is 10.1 Å². The van der Waals surface area contributed by atoms with Gasteiger partial charge in [0.1, 0.15) is 11.5 Å². The van der Waals surface area contributed by atoms with Crippen molar-refractivity contribution in [2.24, 2.45) is 0 Å². The average molecular weight is 426 g/mol. The van der Waals surface area contributed by atoms with Crippen LogP contribution in [0, 0.1) is 28.7 Å². The van der Waals surface area contributed by atoms with Crippen molar-refractivity contribution >= 4 is 16.7 Å². The molecule has 0 unspecified atom stereocenters. The Bertz CT molecular complexity index is 1290. The third-order valence-electron chi connectivity index (χ3n) is 4.70. The highest BCUT2D eigenvalue weighted by Gasteiger charge is 2.23. The van der Waals surface area contributed by atoms with Crippen LogP contribution in [0.2, 0.25) is 0 Å². The van der Waals surface area contributed by atoms with E-state index in [1.165, 1.54) is 12.3 Å². The van der Waals surface area contributed by atoms with Crippen molar-refractivity contribution in [2.75, 3.05) is 7.11 Å². The van der Waals surface area contributed by atoms with Crippen molar-refractivity contribution in [1.29, 1.82) is 0 Å². The van der Waals surface area contributed by atoms with Gasteiger partial charge in [-0.15, -0.1) is 0 Å². The van der Waals surface area contributed by atoms with E-state index in [-0.39, 0.29) is 5.75 Å². The number of benzene rings is 2. The van der Waals surface area contributed by atoms with Gasteiger partial charge in [0.2, 0.25) is 11.6 Å². The second-order valence-electron chi connectivity index (χ2n) is 6.67. The van der Waals surface area contributed by atoms with E-state index in [0.717, 1.165) is 23.4 Å². The third kappa shape index (κ3) is 3.75. The van der Waals surface area contributed by atoms with E-state index in [2.05, 4.69) is 10.1 Å². The summed E-state index contributed by atoms with van der Waals surface area (Å²) in [5.41, 5.74) is 1.07. The second kappa shape index (κ2) is 7.98. The number of aryl methyl sites for hydroxylation is 1. The predicted molar refractivity (Wildman–Crippen MR) is 107 cm³/mol. The molecule has 0 fully saturated rings. The van der Waals surface area contributed by atoms with Crippen molar-refractivity contribution in [2.45, 2.75) is 13.5 Å². The third-order valence-corrected chi connectivity index (χ3v) is 4.70. The Labute approximate surface area is 174 Å². The lowest BCUT2D eigenvalue weighted by molar-refractivity contribution is -0.387. The highest BCUT2D eigenvalue weighted by atomic mass is 19.2. The molecule has 4 rings (SSSR count). The van der Waals surface area contributed by atoms with Crippen LogP contribution in [0.3, 0.4) is 0 Å². The van der Waals surface area contributed by atoms with Gasteiger partial charge in [-0.1, -0.05) is 12.1 Å². The molecule has 0 aliphatic carbocycles. The summed E-state index contributed by atoms with van der Waals surface area (Å²) in [5, 5.41) is 15.8. The SMILES string of the molecule is COc1ccc(Cn2nc(C)c3c(Oc4ccc([N+](=O)[O-])c(F)c4F)ccnc32)cc1. The molecule has 4 aromatic rings. The quantitative estimate of drug-likeness (QED) is 0.326. The zero-order chi connectivity index (χ0) is 22.1. The van der Waals surface area contributed by atoms with Crippen LogP contribution >= 0.6 is 0 Å². The van der Waals surface area contributed by atoms with Crippen LogP contribution in [0.4, 0.5) is 14.5 Å². The lowest BCUT2D eigenvalue weighted by atomic mass is 10.2. The Balaban J connectivity index is 1.70. The fraction of sp³-hybridized carbons (Fsp3) is 0.143. The van der Waals surface area contributed by atoms with E-state index in [1.54, 1.807) is 18.7 Å². The maximum atomic E-state index is 14.3. The van der Waals surface area contributed by atoms with E-state index >= 15 is 0 Å². The van der Waals surface area contributed by atoms with Gasteiger partial charge in [0.05, 0.1) is 29.7 Å². The largest absolute Gasteiger partial charge is 0.497 e. The van der Waals surface area contributed by atoms with Crippen molar-refractivity contribution in [1.82, 2.24) is 14.8 Å². The summed E-state index contributed by atoms with van der Waals surface area (Å²) in [6, 6.07) is 10.8. The number of aromatic nitrogens is 3. The molecule has 0 saturated heterocycles. The highest BCUT2D eigenvalue weighted by molar-refractivity contribution is 5.85. The second-order valence-corrected chi connectivity index (χ2v) is 6.67. The first-order valence-electron chi connectivity index (χ1n) is 9.14. The molecule has 0 aliphatic heterocycles. The Kier molecular flexibility index (Phi) is 5.20. The Hall–Kier alpha value is -4.08. The van der Waals surface area contributed by atoms with Crippen LogP contribution in [-0.2, 0) is 6.54 Å². The molecule has 0 atom stereocenters. The van der Waals surface area contributed by atoms with Crippen molar-refractivity contribution in [3.05, 3.63) is 81.7 Å². The monoisotopic (exact) mass is 426 g/mol. The fourth-order valence-electron chi connectivity index (χ4n) is 3.21. The van der Waals surface area contributed by atoms with E-state index in [1.807, 2.05) is 24.3 Å². The van der Waals surface area contributed by atoms with Crippen LogP contribution in [0.5, 0.6) is 17.2 Å². The first-order valence-corrected chi connectivity index (χ1v) is 9.14. The Morgan fingerprint density at radius 3 is 2.48 bits per heavy atom. The normalized spacial score (nSPS) is 11.0. The number of nitrogens with zero attached hydrogens (tertiary/aromatic N) is 4. The lowest BCUT2D eigenvalue weighted by Gasteiger charge is -2.09. The topological polar surface area (TPSA) is 92.3 Å². The number of fused-ring (bicyclic) bond motifs is 1. The molecule has 0 aliphatic rings. The van der Waals surface area contributed by atoms with Crippen molar-refractivity contribution < 1.29 is 23.2 Å². The molecule has 8 nitrogen and oxygen atoms in total. The maximum absolute atomic E-state index is 14.3. The average Bonchev–Trinajstić information content (AvgIpc) is 3.08. The molecule has 31 heavy (non-hydrogen) atoms. The molecule has 0 saturated carbocycles. The van der Waals surface area contributed by atoms with Gasteiger partial charge in [0, 0.05) is 12.3 Å². The van der Waals surface area contributed by atoms with Gasteiger partial charge >= 0.3 is 5.69 Å². The minimum Gasteiger partial charge on any atom is -0.497 e. The number of methoxy groups -OCH3 is 1. The zero-order valence-corrected chi connectivity index (χ0v) is 16.5. The minimum atomic E-state index is -1.58. The molecule has 2 aromatic heterocycles. The number of rotatable bonds is 6. The van der Waals surface area contributed by atoms with Gasteiger partial charge < -0.3 is 9.47 Å². The molecule has 158 valence electrons. The van der Waals surface area contributed by atoms with Crippen molar-refractivity contribution in [3.8, 4) is 17.2 Å². The molecule has 0 spiro atoms. The Morgan fingerprint density at radius 2 is 1.81 bits per heavy atom. The maximum Gasteiger partial charge on any atom is 0.308 e. The van der Waals surface area contributed by atoms with Crippen LogP contribution in [-0.4, -0.2) is 26.8 Å². The minimum absolute atomic E-state index is 0.204. The van der Waals surface area contributed by atoms with Crippen LogP contribution in [0.25, 0.3) is 11.0 Å². The van der Waals surface area contributed by atoms with Crippen LogP contribution in [0.1, 0.15) is 11.3 Å². The number of pyridine rings is 1. The van der Waals surface area contributed by atoms with Crippen LogP contribution in [0.15, 0.2) is 48.7 Å². The molecule has 10 heteroatoms. The summed E-state index contributed by atoms with van der Waals surface area (Å²) in [7, 11) is 1.59. The van der Waals surface area contributed by atoms with Gasteiger partial charge in [0.15, 0.2) is 11.4 Å². The first-order chi connectivity index (χ1) is 14.9. The zero-order valence-electron chi connectivity index (χ0n) is 16.5. The van der Waals surface area contributed by atoms with E-state index in [4.69, 9.17) is 9.47 Å². The van der Waals surface area contributed by atoms with Gasteiger partial charge in [0.25, 0.3) is 0 Å². The number of halogens is 2. The number of ether oxygens (including phenoxy) is 2. The van der Waals surface area contributed by atoms with Gasteiger partial charge in [-0.2, -0.15) is 13.9 Å². The summed E-state index contributed by atoms with van der Waals surface area (Å²) in [4.78, 5) is 14.1. The van der Waals surface area contributed by atoms with Crippen LogP contribution < -0.4 is 9.47 Å². The van der Waals surface area contributed by atoms with Gasteiger partial charge in [-0.25, -0.2) is 9.67 Å². The first kappa shape index (κ1) is 20.2. The number of nitro groups is 1. The van der Waals surface area contributed by atoms with E-state index in [0.29, 0.717) is 23.3 Å². The summed E-state index contributed by atoms with van der Waals surface area (Å²) >= 11 is 0. The fourth-order valence-corrected chi connectivity index (χ4v) is 3.21.